The van der Waals surface area contributed by atoms with E-state index in [1.165, 1.54) is 0 Å². The van der Waals surface area contributed by atoms with Crippen molar-refractivity contribution in [2.24, 2.45) is 0 Å². The molecule has 1 aliphatic heterocycles. The number of hydrogen-bond donors (Lipinski definition) is 1. The van der Waals surface area contributed by atoms with Crippen molar-refractivity contribution >= 4 is 33.4 Å². The number of nitrogens with one attached hydrogen (secondary N) is 1. The maximum absolute atomic E-state index is 12.4. The summed E-state index contributed by atoms with van der Waals surface area (Å²) in [5, 5.41) is 3.68. The number of hydrogen-bond acceptors (Lipinski definition) is 4. The van der Waals surface area contributed by atoms with Gasteiger partial charge in [-0.1, -0.05) is 19.1 Å². The van der Waals surface area contributed by atoms with E-state index >= 15 is 0 Å². The van der Waals surface area contributed by atoms with Crippen LogP contribution in [-0.2, 0) is 16.1 Å². The van der Waals surface area contributed by atoms with Gasteiger partial charge in [-0.25, -0.2) is 4.98 Å². The monoisotopic (exact) mass is 303 g/mol. The highest BCUT2D eigenvalue weighted by molar-refractivity contribution is 7.18. The Kier molecular flexibility index (Phi) is 3.88. The molecule has 2 amide bonds. The lowest BCUT2D eigenvalue weighted by Crippen LogP contribution is -2.43. The molecule has 0 bridgehead atoms. The lowest BCUT2D eigenvalue weighted by Gasteiger charge is -2.22. The molecular formula is C15H17N3O2S. The smallest absolute Gasteiger partial charge is 0.245 e. The Hall–Kier alpha value is -1.95. The summed E-state index contributed by atoms with van der Waals surface area (Å²) in [6, 6.07) is 7.53. The van der Waals surface area contributed by atoms with Crippen LogP contribution in [0.5, 0.6) is 0 Å². The number of aromatic nitrogens is 1. The third-order valence-electron chi connectivity index (χ3n) is 3.63. The first kappa shape index (κ1) is 14.0. The van der Waals surface area contributed by atoms with Crippen LogP contribution < -0.4 is 5.32 Å². The number of fused-ring (bicyclic) bond motifs is 1. The maximum atomic E-state index is 12.4. The van der Waals surface area contributed by atoms with E-state index in [2.05, 4.69) is 10.3 Å². The molecule has 1 aromatic heterocycles. The number of benzene rings is 1. The zero-order valence-electron chi connectivity index (χ0n) is 11.8. The van der Waals surface area contributed by atoms with Gasteiger partial charge in [0.05, 0.1) is 16.8 Å². The first-order valence-corrected chi connectivity index (χ1v) is 7.91. The predicted octanol–water partition coefficient (Wildman–Crippen LogP) is 1.92. The van der Waals surface area contributed by atoms with Crippen LogP contribution in [0.25, 0.3) is 10.2 Å². The molecule has 1 atom stereocenters. The van der Waals surface area contributed by atoms with Crippen LogP contribution in [0.4, 0.5) is 0 Å². The van der Waals surface area contributed by atoms with Gasteiger partial charge >= 0.3 is 0 Å². The van der Waals surface area contributed by atoms with Crippen molar-refractivity contribution < 1.29 is 9.59 Å². The van der Waals surface area contributed by atoms with E-state index < -0.39 is 6.04 Å². The van der Waals surface area contributed by atoms with E-state index in [4.69, 9.17) is 0 Å². The van der Waals surface area contributed by atoms with Crippen LogP contribution in [0.15, 0.2) is 24.3 Å². The molecule has 1 unspecified atom stereocenters. The van der Waals surface area contributed by atoms with Crippen LogP contribution in [0.3, 0.4) is 0 Å². The van der Waals surface area contributed by atoms with Gasteiger partial charge in [0.2, 0.25) is 11.8 Å². The number of rotatable bonds is 3. The van der Waals surface area contributed by atoms with Gasteiger partial charge in [-0.15, -0.1) is 11.3 Å². The minimum atomic E-state index is -0.408. The van der Waals surface area contributed by atoms with Crippen molar-refractivity contribution in [3.8, 4) is 0 Å². The second kappa shape index (κ2) is 5.81. The quantitative estimate of drug-likeness (QED) is 0.942. The third-order valence-corrected chi connectivity index (χ3v) is 4.65. The topological polar surface area (TPSA) is 62.3 Å². The summed E-state index contributed by atoms with van der Waals surface area (Å²) in [5.74, 6) is -0.0652. The predicted molar refractivity (Wildman–Crippen MR) is 81.9 cm³/mol. The summed E-state index contributed by atoms with van der Waals surface area (Å²) in [7, 11) is 0. The second-order valence-corrected chi connectivity index (χ2v) is 6.23. The van der Waals surface area contributed by atoms with E-state index in [1.807, 2.05) is 31.2 Å². The maximum Gasteiger partial charge on any atom is 0.245 e. The molecule has 0 saturated carbocycles. The average molecular weight is 303 g/mol. The second-order valence-electron chi connectivity index (χ2n) is 5.11. The summed E-state index contributed by atoms with van der Waals surface area (Å²) in [5.41, 5.74) is 0.959. The van der Waals surface area contributed by atoms with Crippen LogP contribution in [0.2, 0.25) is 0 Å². The molecule has 1 fully saturated rings. The molecule has 110 valence electrons. The van der Waals surface area contributed by atoms with Crippen molar-refractivity contribution in [3.05, 3.63) is 29.3 Å². The minimum absolute atomic E-state index is 0.0115. The van der Waals surface area contributed by atoms with Crippen LogP contribution in [0, 0.1) is 0 Å². The Morgan fingerprint density at radius 3 is 2.95 bits per heavy atom. The summed E-state index contributed by atoms with van der Waals surface area (Å²) < 4.78 is 1.12. The molecule has 0 radical (unpaired) electrons. The fourth-order valence-electron chi connectivity index (χ4n) is 2.48. The fraction of sp³-hybridized carbons (Fsp3) is 0.400. The lowest BCUT2D eigenvalue weighted by atomic mass is 10.2. The molecule has 6 heteroatoms. The summed E-state index contributed by atoms with van der Waals surface area (Å²) >= 11 is 1.60. The Balaban J connectivity index is 1.81. The van der Waals surface area contributed by atoms with Crippen LogP contribution in [-0.4, -0.2) is 34.3 Å². The molecule has 5 nitrogen and oxygen atoms in total. The minimum Gasteiger partial charge on any atom is -0.344 e. The van der Waals surface area contributed by atoms with E-state index in [9.17, 15) is 9.59 Å². The molecule has 21 heavy (non-hydrogen) atoms. The number of amides is 2. The van der Waals surface area contributed by atoms with Gasteiger partial charge in [0.25, 0.3) is 0 Å². The van der Waals surface area contributed by atoms with Crippen LogP contribution in [0.1, 0.15) is 24.8 Å². The van der Waals surface area contributed by atoms with Gasteiger partial charge < -0.3 is 10.2 Å². The standard InChI is InChI=1S/C15H17N3O2S/c1-2-10-15(20)18(8-7-13(19)16-10)9-14-17-11-5-3-4-6-12(11)21-14/h3-6,10H,2,7-9H2,1H3,(H,16,19). The SMILES string of the molecule is CCC1NC(=O)CCN(Cc2nc3ccccc3s2)C1=O. The van der Waals surface area contributed by atoms with Gasteiger partial charge in [0, 0.05) is 13.0 Å². The molecule has 1 aliphatic rings. The van der Waals surface area contributed by atoms with Crippen molar-refractivity contribution in [3.63, 3.8) is 0 Å². The van der Waals surface area contributed by atoms with E-state index in [0.717, 1.165) is 15.2 Å². The van der Waals surface area contributed by atoms with Crippen molar-refractivity contribution in [2.75, 3.05) is 6.54 Å². The first-order valence-electron chi connectivity index (χ1n) is 7.10. The molecule has 1 N–H and O–H groups in total. The van der Waals surface area contributed by atoms with Gasteiger partial charge in [-0.2, -0.15) is 0 Å². The number of para-hydroxylation sites is 1. The Morgan fingerprint density at radius 2 is 2.19 bits per heavy atom. The number of nitrogens with zero attached hydrogens (tertiary/aromatic N) is 2. The summed E-state index contributed by atoms with van der Waals surface area (Å²) in [6.45, 7) is 2.84. The normalized spacial score (nSPS) is 19.7. The molecular weight excluding hydrogens is 286 g/mol. The molecule has 1 saturated heterocycles. The molecule has 0 aliphatic carbocycles. The highest BCUT2D eigenvalue weighted by Gasteiger charge is 2.28. The zero-order valence-corrected chi connectivity index (χ0v) is 12.7. The van der Waals surface area contributed by atoms with E-state index in [-0.39, 0.29) is 11.8 Å². The third kappa shape index (κ3) is 2.90. The van der Waals surface area contributed by atoms with Crippen molar-refractivity contribution in [1.29, 1.82) is 0 Å². The summed E-state index contributed by atoms with van der Waals surface area (Å²) in [6.07, 6.45) is 0.966. The number of thiazole rings is 1. The zero-order chi connectivity index (χ0) is 14.8. The summed E-state index contributed by atoms with van der Waals surface area (Å²) in [4.78, 5) is 30.4. The van der Waals surface area contributed by atoms with Gasteiger partial charge in [-0.05, 0) is 18.6 Å². The van der Waals surface area contributed by atoms with Crippen molar-refractivity contribution in [1.82, 2.24) is 15.2 Å². The number of carbonyl (C=O) groups is 2. The molecule has 2 heterocycles. The Morgan fingerprint density at radius 1 is 1.38 bits per heavy atom. The highest BCUT2D eigenvalue weighted by Crippen LogP contribution is 2.23. The Labute approximate surface area is 127 Å². The lowest BCUT2D eigenvalue weighted by molar-refractivity contribution is -0.134. The first-order chi connectivity index (χ1) is 10.2. The van der Waals surface area contributed by atoms with Gasteiger partial charge in [-0.3, -0.25) is 9.59 Å². The molecule has 1 aromatic carbocycles. The Bertz CT molecular complexity index is 649. The van der Waals surface area contributed by atoms with Crippen LogP contribution >= 0.6 is 11.3 Å². The van der Waals surface area contributed by atoms with E-state index in [1.54, 1.807) is 16.2 Å². The molecule has 0 spiro atoms. The van der Waals surface area contributed by atoms with E-state index in [0.29, 0.717) is 25.9 Å². The largest absolute Gasteiger partial charge is 0.344 e. The average Bonchev–Trinajstić information content (AvgIpc) is 2.84. The molecule has 3 rings (SSSR count). The highest BCUT2D eigenvalue weighted by atomic mass is 32.1. The molecule has 2 aromatic rings. The van der Waals surface area contributed by atoms with Gasteiger partial charge in [0.1, 0.15) is 11.0 Å². The number of carbonyl (C=O) groups excluding carboxylic acids is 2. The van der Waals surface area contributed by atoms with Crippen molar-refractivity contribution in [2.45, 2.75) is 32.4 Å². The fourth-order valence-corrected chi connectivity index (χ4v) is 3.46. The van der Waals surface area contributed by atoms with Gasteiger partial charge in [0.15, 0.2) is 0 Å².